The molecule has 1 aliphatic heterocycles. The molecule has 0 spiro atoms. The van der Waals surface area contributed by atoms with Crippen LogP contribution in [0.25, 0.3) is 0 Å². The topological polar surface area (TPSA) is 91.7 Å². The number of rotatable bonds is 5. The van der Waals surface area contributed by atoms with Crippen molar-refractivity contribution >= 4 is 23.3 Å². The summed E-state index contributed by atoms with van der Waals surface area (Å²) >= 11 is 0. The van der Waals surface area contributed by atoms with E-state index >= 15 is 0 Å². The van der Waals surface area contributed by atoms with E-state index in [2.05, 4.69) is 10.2 Å². The highest BCUT2D eigenvalue weighted by Crippen LogP contribution is 2.19. The molecule has 0 aromatic heterocycles. The molecule has 1 N–H and O–H groups in total. The van der Waals surface area contributed by atoms with Crippen LogP contribution in [-0.4, -0.2) is 44.3 Å². The maximum absolute atomic E-state index is 12.3. The number of esters is 1. The standard InChI is InChI=1S/C21H21N3O4/c1-15(28-21(26)17-4-2-16(14-22)3-5-17)20(25)23-18-6-8-19(9-7-18)24-10-12-27-13-11-24/h2-9,15H,10-13H2,1H3,(H,23,25)/t15-/m1/s1. The van der Waals surface area contributed by atoms with Crippen molar-refractivity contribution in [2.45, 2.75) is 13.0 Å². The zero-order chi connectivity index (χ0) is 19.9. The van der Waals surface area contributed by atoms with E-state index in [4.69, 9.17) is 14.7 Å². The number of nitrogens with zero attached hydrogens (tertiary/aromatic N) is 2. The number of anilines is 2. The summed E-state index contributed by atoms with van der Waals surface area (Å²) in [5, 5.41) is 11.5. The highest BCUT2D eigenvalue weighted by Gasteiger charge is 2.19. The molecular formula is C21H21N3O4. The van der Waals surface area contributed by atoms with Crippen LogP contribution >= 0.6 is 0 Å². The molecule has 0 radical (unpaired) electrons. The summed E-state index contributed by atoms with van der Waals surface area (Å²) in [5.74, 6) is -1.03. The number of benzene rings is 2. The van der Waals surface area contributed by atoms with Gasteiger partial charge in [-0.15, -0.1) is 0 Å². The molecular weight excluding hydrogens is 358 g/mol. The van der Waals surface area contributed by atoms with E-state index in [1.54, 1.807) is 0 Å². The first-order chi connectivity index (χ1) is 13.6. The molecule has 0 aliphatic carbocycles. The Morgan fingerprint density at radius 3 is 2.36 bits per heavy atom. The Balaban J connectivity index is 1.54. The predicted molar refractivity (Wildman–Crippen MR) is 104 cm³/mol. The van der Waals surface area contributed by atoms with E-state index in [1.807, 2.05) is 30.3 Å². The van der Waals surface area contributed by atoms with Gasteiger partial charge in [0.05, 0.1) is 30.4 Å². The summed E-state index contributed by atoms with van der Waals surface area (Å²) in [7, 11) is 0. The molecule has 2 aromatic rings. The minimum atomic E-state index is -0.956. The Morgan fingerprint density at radius 1 is 1.11 bits per heavy atom. The molecule has 7 nitrogen and oxygen atoms in total. The van der Waals surface area contributed by atoms with Crippen LogP contribution in [0.15, 0.2) is 48.5 Å². The zero-order valence-corrected chi connectivity index (χ0v) is 15.6. The Hall–Kier alpha value is -3.37. The lowest BCUT2D eigenvalue weighted by Gasteiger charge is -2.28. The molecule has 144 valence electrons. The van der Waals surface area contributed by atoms with Crippen molar-refractivity contribution in [1.29, 1.82) is 5.26 Å². The number of hydrogen-bond donors (Lipinski definition) is 1. The van der Waals surface area contributed by atoms with Crippen molar-refractivity contribution in [1.82, 2.24) is 0 Å². The maximum atomic E-state index is 12.3. The lowest BCUT2D eigenvalue weighted by molar-refractivity contribution is -0.123. The molecule has 2 aromatic carbocycles. The number of hydrogen-bond acceptors (Lipinski definition) is 6. The molecule has 1 amide bonds. The molecule has 7 heteroatoms. The second-order valence-corrected chi connectivity index (χ2v) is 6.37. The van der Waals surface area contributed by atoms with E-state index in [-0.39, 0.29) is 5.56 Å². The SMILES string of the molecule is C[C@@H](OC(=O)c1ccc(C#N)cc1)C(=O)Nc1ccc(N2CCOCC2)cc1. The monoisotopic (exact) mass is 379 g/mol. The number of morpholine rings is 1. The van der Waals surface area contributed by atoms with Crippen LogP contribution in [0.4, 0.5) is 11.4 Å². The number of carbonyl (C=O) groups is 2. The molecule has 28 heavy (non-hydrogen) atoms. The first kappa shape index (κ1) is 19.4. The summed E-state index contributed by atoms with van der Waals surface area (Å²) < 4.78 is 10.6. The van der Waals surface area contributed by atoms with Crippen molar-refractivity contribution in [2.75, 3.05) is 36.5 Å². The Bertz CT molecular complexity index is 866. The number of amides is 1. The van der Waals surface area contributed by atoms with Crippen LogP contribution in [-0.2, 0) is 14.3 Å². The summed E-state index contributed by atoms with van der Waals surface area (Å²) in [5.41, 5.74) is 2.43. The Morgan fingerprint density at radius 2 is 1.75 bits per heavy atom. The van der Waals surface area contributed by atoms with Gasteiger partial charge in [0.1, 0.15) is 0 Å². The van der Waals surface area contributed by atoms with Crippen LogP contribution in [0, 0.1) is 11.3 Å². The number of nitriles is 1. The molecule has 1 aliphatic rings. The van der Waals surface area contributed by atoms with Crippen molar-refractivity contribution in [3.05, 3.63) is 59.7 Å². The summed E-state index contributed by atoms with van der Waals surface area (Å²) in [6.07, 6.45) is -0.956. The van der Waals surface area contributed by atoms with Gasteiger partial charge < -0.3 is 19.7 Å². The van der Waals surface area contributed by atoms with Crippen LogP contribution in [0.2, 0.25) is 0 Å². The first-order valence-electron chi connectivity index (χ1n) is 9.01. The van der Waals surface area contributed by atoms with E-state index in [9.17, 15) is 9.59 Å². The third-order valence-corrected chi connectivity index (χ3v) is 4.41. The van der Waals surface area contributed by atoms with E-state index < -0.39 is 18.0 Å². The normalized spacial score (nSPS) is 14.6. The van der Waals surface area contributed by atoms with Gasteiger partial charge in [-0.3, -0.25) is 4.79 Å². The number of ether oxygens (including phenoxy) is 2. The largest absolute Gasteiger partial charge is 0.449 e. The van der Waals surface area contributed by atoms with E-state index in [0.29, 0.717) is 24.5 Å². The van der Waals surface area contributed by atoms with Crippen molar-refractivity contribution in [3.63, 3.8) is 0 Å². The zero-order valence-electron chi connectivity index (χ0n) is 15.6. The average molecular weight is 379 g/mol. The lowest BCUT2D eigenvalue weighted by atomic mass is 10.1. The summed E-state index contributed by atoms with van der Waals surface area (Å²) in [6.45, 7) is 4.61. The van der Waals surface area contributed by atoms with Gasteiger partial charge >= 0.3 is 5.97 Å². The lowest BCUT2D eigenvalue weighted by Crippen LogP contribution is -2.36. The van der Waals surface area contributed by atoms with Crippen LogP contribution < -0.4 is 10.2 Å². The fourth-order valence-electron chi connectivity index (χ4n) is 2.78. The highest BCUT2D eigenvalue weighted by atomic mass is 16.5. The molecule has 0 saturated carbocycles. The molecule has 1 saturated heterocycles. The average Bonchev–Trinajstić information content (AvgIpc) is 2.75. The molecule has 3 rings (SSSR count). The maximum Gasteiger partial charge on any atom is 0.338 e. The van der Waals surface area contributed by atoms with Gasteiger partial charge in [0.25, 0.3) is 5.91 Å². The van der Waals surface area contributed by atoms with Gasteiger partial charge in [-0.1, -0.05) is 0 Å². The van der Waals surface area contributed by atoms with Gasteiger partial charge in [-0.05, 0) is 55.5 Å². The van der Waals surface area contributed by atoms with E-state index in [1.165, 1.54) is 31.2 Å². The van der Waals surface area contributed by atoms with Gasteiger partial charge in [-0.25, -0.2) is 4.79 Å². The Kier molecular flexibility index (Phi) is 6.25. The van der Waals surface area contributed by atoms with Crippen LogP contribution in [0.5, 0.6) is 0 Å². The minimum Gasteiger partial charge on any atom is -0.449 e. The van der Waals surface area contributed by atoms with Crippen molar-refractivity contribution in [2.24, 2.45) is 0 Å². The van der Waals surface area contributed by atoms with Gasteiger partial charge in [0, 0.05) is 24.5 Å². The number of nitrogens with one attached hydrogen (secondary N) is 1. The Labute approximate surface area is 163 Å². The highest BCUT2D eigenvalue weighted by molar-refractivity contribution is 5.97. The van der Waals surface area contributed by atoms with Gasteiger partial charge in [-0.2, -0.15) is 5.26 Å². The second kappa shape index (κ2) is 9.02. The molecule has 1 atom stereocenters. The fraction of sp³-hybridized carbons (Fsp3) is 0.286. The van der Waals surface area contributed by atoms with Crippen molar-refractivity contribution < 1.29 is 19.1 Å². The minimum absolute atomic E-state index is 0.286. The third kappa shape index (κ3) is 4.87. The van der Waals surface area contributed by atoms with Gasteiger partial charge in [0.15, 0.2) is 6.10 Å². The fourth-order valence-corrected chi connectivity index (χ4v) is 2.78. The molecule has 0 unspecified atom stereocenters. The number of carbonyl (C=O) groups excluding carboxylic acids is 2. The third-order valence-electron chi connectivity index (χ3n) is 4.41. The van der Waals surface area contributed by atoms with Crippen LogP contribution in [0.1, 0.15) is 22.8 Å². The van der Waals surface area contributed by atoms with Crippen molar-refractivity contribution in [3.8, 4) is 6.07 Å². The van der Waals surface area contributed by atoms with E-state index in [0.717, 1.165) is 18.8 Å². The first-order valence-corrected chi connectivity index (χ1v) is 9.01. The molecule has 1 fully saturated rings. The smallest absolute Gasteiger partial charge is 0.338 e. The summed E-state index contributed by atoms with van der Waals surface area (Å²) in [6, 6.07) is 15.5. The van der Waals surface area contributed by atoms with Crippen LogP contribution in [0.3, 0.4) is 0 Å². The predicted octanol–water partition coefficient (Wildman–Crippen LogP) is 2.58. The van der Waals surface area contributed by atoms with Gasteiger partial charge in [0.2, 0.25) is 0 Å². The molecule has 1 heterocycles. The molecule has 0 bridgehead atoms. The quantitative estimate of drug-likeness (QED) is 0.803. The second-order valence-electron chi connectivity index (χ2n) is 6.37. The summed E-state index contributed by atoms with van der Waals surface area (Å²) in [4.78, 5) is 26.7.